The zero-order valence-electron chi connectivity index (χ0n) is 17.4. The molecule has 3 rings (SSSR count). The maximum absolute atomic E-state index is 13.4. The molecule has 1 heterocycles. The van der Waals surface area contributed by atoms with Crippen LogP contribution in [0.5, 0.6) is 11.5 Å². The lowest BCUT2D eigenvalue weighted by Crippen LogP contribution is -2.43. The zero-order chi connectivity index (χ0) is 24.0. The van der Waals surface area contributed by atoms with E-state index in [1.165, 1.54) is 12.1 Å². The van der Waals surface area contributed by atoms with Crippen LogP contribution in [0.3, 0.4) is 0 Å². The van der Waals surface area contributed by atoms with Crippen LogP contribution in [0.2, 0.25) is 10.0 Å². The van der Waals surface area contributed by atoms with Crippen LogP contribution >= 0.6 is 23.2 Å². The molecule has 0 aliphatic carbocycles. The molecule has 0 aromatic heterocycles. The second-order valence-corrected chi connectivity index (χ2v) is 8.29. The smallest absolute Gasteiger partial charge is 0.261 e. The van der Waals surface area contributed by atoms with E-state index in [1.807, 2.05) is 0 Å². The molecule has 0 radical (unpaired) electrons. The summed E-state index contributed by atoms with van der Waals surface area (Å²) in [7, 11) is 0. The van der Waals surface area contributed by atoms with Gasteiger partial charge in [0.05, 0.1) is 17.2 Å². The number of aliphatic hydroxyl groups excluding tert-OH is 2. The first-order chi connectivity index (χ1) is 15.7. The summed E-state index contributed by atoms with van der Waals surface area (Å²) in [6.45, 7) is -0.280. The molecule has 2 aromatic rings. The van der Waals surface area contributed by atoms with Crippen LogP contribution < -0.4 is 20.1 Å². The number of nitrogens with one attached hydrogen (secondary N) is 2. The number of benzene rings is 2. The minimum atomic E-state index is -0.914. The third kappa shape index (κ3) is 7.20. The Morgan fingerprint density at radius 1 is 1.21 bits per heavy atom. The van der Waals surface area contributed by atoms with Gasteiger partial charge in [0.2, 0.25) is 0 Å². The number of carbonyl (C=O) groups is 2. The van der Waals surface area contributed by atoms with Gasteiger partial charge in [-0.05, 0) is 36.8 Å². The second-order valence-electron chi connectivity index (χ2n) is 7.44. The van der Waals surface area contributed by atoms with Crippen molar-refractivity contribution in [3.8, 4) is 11.5 Å². The predicted molar refractivity (Wildman–Crippen MR) is 119 cm³/mol. The van der Waals surface area contributed by atoms with Crippen molar-refractivity contribution in [2.75, 3.05) is 19.7 Å². The third-order valence-corrected chi connectivity index (χ3v) is 5.44. The van der Waals surface area contributed by atoms with Crippen molar-refractivity contribution in [3.63, 3.8) is 0 Å². The molecule has 2 aromatic carbocycles. The van der Waals surface area contributed by atoms with Crippen LogP contribution in [0, 0.1) is 5.82 Å². The molecule has 11 heteroatoms. The molecular weight excluding hydrogens is 478 g/mol. The van der Waals surface area contributed by atoms with E-state index in [1.54, 1.807) is 18.2 Å². The highest BCUT2D eigenvalue weighted by molar-refractivity contribution is 6.31. The normalized spacial score (nSPS) is 18.0. The molecule has 8 nitrogen and oxygen atoms in total. The maximum atomic E-state index is 13.4. The Morgan fingerprint density at radius 3 is 2.76 bits per heavy atom. The summed E-state index contributed by atoms with van der Waals surface area (Å²) in [5.74, 6) is -1.04. The highest BCUT2D eigenvalue weighted by Gasteiger charge is 2.31. The Hall–Kier alpha value is -2.59. The molecule has 0 fully saturated rings. The minimum absolute atomic E-state index is 0.0528. The zero-order valence-corrected chi connectivity index (χ0v) is 18.9. The van der Waals surface area contributed by atoms with E-state index in [4.69, 9.17) is 32.7 Å². The fourth-order valence-electron chi connectivity index (χ4n) is 3.15. The first kappa shape index (κ1) is 25.0. The lowest BCUT2D eigenvalue weighted by atomic mass is 9.98. The molecule has 0 saturated heterocycles. The molecule has 2 amide bonds. The van der Waals surface area contributed by atoms with Crippen LogP contribution in [-0.2, 0) is 9.59 Å². The van der Waals surface area contributed by atoms with E-state index in [-0.39, 0.29) is 43.3 Å². The number of carbonyl (C=O) groups excluding carboxylic acids is 2. The quantitative estimate of drug-likeness (QED) is 0.419. The Bertz CT molecular complexity index is 1010. The molecule has 178 valence electrons. The van der Waals surface area contributed by atoms with Crippen molar-refractivity contribution >= 4 is 35.0 Å². The summed E-state index contributed by atoms with van der Waals surface area (Å²) in [5.41, 5.74) is 0.530. The van der Waals surface area contributed by atoms with Crippen molar-refractivity contribution in [2.24, 2.45) is 0 Å². The fraction of sp³-hybridized carbons (Fsp3) is 0.364. The number of amides is 2. The van der Waals surface area contributed by atoms with Crippen molar-refractivity contribution in [1.82, 2.24) is 10.6 Å². The van der Waals surface area contributed by atoms with Gasteiger partial charge in [-0.15, -0.1) is 0 Å². The van der Waals surface area contributed by atoms with E-state index in [0.717, 1.165) is 6.07 Å². The predicted octanol–water partition coefficient (Wildman–Crippen LogP) is 2.38. The largest absolute Gasteiger partial charge is 0.484 e. The van der Waals surface area contributed by atoms with Crippen LogP contribution in [-0.4, -0.2) is 53.9 Å². The number of halogens is 3. The van der Waals surface area contributed by atoms with Crippen molar-refractivity contribution in [3.05, 3.63) is 57.8 Å². The van der Waals surface area contributed by atoms with Gasteiger partial charge < -0.3 is 30.3 Å². The number of rotatable bonds is 9. The standard InChI is InChI=1S/C22H23Cl2FN2O6/c23-12-1-4-19-15(7-12)18(29)9-20(33-19)22(31)26-6-5-13(28)10-27-21(30)11-32-14-2-3-16(24)17(25)8-14/h1-4,7-8,13,18,20,28-29H,5-6,9-11H2,(H,26,31)(H,27,30)/t13-,18?,20?/m0/s1. The topological polar surface area (TPSA) is 117 Å². The lowest BCUT2D eigenvalue weighted by Gasteiger charge is -2.29. The average molecular weight is 501 g/mol. The average Bonchev–Trinajstić information content (AvgIpc) is 2.78. The van der Waals surface area contributed by atoms with Crippen LogP contribution in [0.4, 0.5) is 4.39 Å². The molecule has 0 spiro atoms. The number of fused-ring (bicyclic) bond motifs is 1. The van der Waals surface area contributed by atoms with E-state index in [0.29, 0.717) is 16.3 Å². The molecule has 0 bridgehead atoms. The maximum Gasteiger partial charge on any atom is 0.261 e. The molecule has 4 N–H and O–H groups in total. The van der Waals surface area contributed by atoms with Gasteiger partial charge in [-0.2, -0.15) is 0 Å². The van der Waals surface area contributed by atoms with Gasteiger partial charge in [-0.25, -0.2) is 4.39 Å². The summed E-state index contributed by atoms with van der Waals surface area (Å²) in [5, 5.41) is 25.8. The van der Waals surface area contributed by atoms with Crippen molar-refractivity contribution in [2.45, 2.75) is 31.2 Å². The summed E-state index contributed by atoms with van der Waals surface area (Å²) < 4.78 is 24.2. The van der Waals surface area contributed by atoms with Crippen LogP contribution in [0.25, 0.3) is 0 Å². The summed E-state index contributed by atoms with van der Waals surface area (Å²) in [4.78, 5) is 24.2. The first-order valence-corrected chi connectivity index (χ1v) is 10.9. The van der Waals surface area contributed by atoms with Gasteiger partial charge >= 0.3 is 0 Å². The lowest BCUT2D eigenvalue weighted by molar-refractivity contribution is -0.130. The Morgan fingerprint density at radius 2 is 2.00 bits per heavy atom. The molecular formula is C22H23Cl2FN2O6. The Kier molecular flexibility index (Phi) is 8.74. The molecule has 33 heavy (non-hydrogen) atoms. The van der Waals surface area contributed by atoms with Gasteiger partial charge in [0.1, 0.15) is 17.3 Å². The minimum Gasteiger partial charge on any atom is -0.484 e. The number of aliphatic hydroxyl groups is 2. The summed E-state index contributed by atoms with van der Waals surface area (Å²) in [6, 6.07) is 8.61. The highest BCUT2D eigenvalue weighted by atomic mass is 35.5. The van der Waals surface area contributed by atoms with Gasteiger partial charge in [-0.1, -0.05) is 23.2 Å². The van der Waals surface area contributed by atoms with Crippen molar-refractivity contribution in [1.29, 1.82) is 0 Å². The highest BCUT2D eigenvalue weighted by Crippen LogP contribution is 2.36. The molecule has 1 aliphatic rings. The molecule has 1 aliphatic heterocycles. The first-order valence-electron chi connectivity index (χ1n) is 10.2. The Balaban J connectivity index is 1.34. The second kappa shape index (κ2) is 11.5. The fourth-order valence-corrected chi connectivity index (χ4v) is 3.45. The molecule has 3 atom stereocenters. The molecule has 2 unspecified atom stereocenters. The summed E-state index contributed by atoms with van der Waals surface area (Å²) >= 11 is 11.5. The van der Waals surface area contributed by atoms with Crippen LogP contribution in [0.15, 0.2) is 36.4 Å². The summed E-state index contributed by atoms with van der Waals surface area (Å²) in [6.07, 6.45) is -2.41. The van der Waals surface area contributed by atoms with E-state index in [2.05, 4.69) is 10.6 Å². The van der Waals surface area contributed by atoms with Crippen molar-refractivity contribution < 1.29 is 33.7 Å². The number of hydrogen-bond donors (Lipinski definition) is 4. The van der Waals surface area contributed by atoms with E-state index < -0.39 is 35.9 Å². The third-order valence-electron chi connectivity index (χ3n) is 4.90. The van der Waals surface area contributed by atoms with Gasteiger partial charge in [0, 0.05) is 36.2 Å². The SMILES string of the molecule is O=C(COc1ccc(Cl)c(F)c1)NC[C@@H](O)CCNC(=O)C1CC(O)c2cc(Cl)ccc2O1. The number of ether oxygens (including phenoxy) is 2. The van der Waals surface area contributed by atoms with E-state index >= 15 is 0 Å². The Labute approximate surface area is 199 Å². The van der Waals surface area contributed by atoms with Gasteiger partial charge in [-0.3, -0.25) is 9.59 Å². The van der Waals surface area contributed by atoms with Gasteiger partial charge in [0.15, 0.2) is 12.7 Å². The molecule has 0 saturated carbocycles. The monoisotopic (exact) mass is 500 g/mol. The van der Waals surface area contributed by atoms with Gasteiger partial charge in [0.25, 0.3) is 11.8 Å². The van der Waals surface area contributed by atoms with E-state index in [9.17, 15) is 24.2 Å². The van der Waals surface area contributed by atoms with Crippen LogP contribution in [0.1, 0.15) is 24.5 Å². The number of hydrogen-bond acceptors (Lipinski definition) is 6.